The summed E-state index contributed by atoms with van der Waals surface area (Å²) in [5.74, 6) is 0.202. The fraction of sp³-hybridized carbons (Fsp3) is 0.615. The quantitative estimate of drug-likeness (QED) is 0.656. The first kappa shape index (κ1) is 14.1. The maximum Gasteiger partial charge on any atom is 0.130 e. The van der Waals surface area contributed by atoms with Crippen LogP contribution in [-0.4, -0.2) is 17.5 Å². The summed E-state index contributed by atoms with van der Waals surface area (Å²) in [7, 11) is 0. The number of ketones is 1. The van der Waals surface area contributed by atoms with Crippen molar-refractivity contribution in [3.05, 3.63) is 23.3 Å². The highest BCUT2D eigenvalue weighted by molar-refractivity contribution is 5.75. The fourth-order valence-electron chi connectivity index (χ4n) is 1.27. The molecule has 0 aromatic carbocycles. The third-order valence-corrected chi connectivity index (χ3v) is 2.15. The zero-order chi connectivity index (χ0) is 11.7. The van der Waals surface area contributed by atoms with Gasteiger partial charge in [-0.1, -0.05) is 17.7 Å². The lowest BCUT2D eigenvalue weighted by molar-refractivity contribution is -0.116. The Morgan fingerprint density at radius 3 is 2.13 bits per heavy atom. The molecule has 0 saturated heterocycles. The molecule has 0 aliphatic heterocycles. The van der Waals surface area contributed by atoms with E-state index in [-0.39, 0.29) is 12.4 Å². The van der Waals surface area contributed by atoms with Gasteiger partial charge >= 0.3 is 0 Å². The summed E-state index contributed by atoms with van der Waals surface area (Å²) in [6.45, 7) is 5.83. The molecular weight excluding hydrogens is 188 g/mol. The number of hydrogen-bond acceptors (Lipinski definition) is 2. The van der Waals surface area contributed by atoms with E-state index >= 15 is 0 Å². The first-order valence-electron chi connectivity index (χ1n) is 5.47. The number of carbonyl (C=O) groups is 1. The van der Waals surface area contributed by atoms with Crippen LogP contribution >= 0.6 is 0 Å². The molecule has 0 aromatic rings. The Balaban J connectivity index is 3.90. The molecule has 2 heteroatoms. The minimum atomic E-state index is 0.106. The van der Waals surface area contributed by atoms with E-state index in [0.29, 0.717) is 6.42 Å². The van der Waals surface area contributed by atoms with E-state index in [1.54, 1.807) is 6.92 Å². The van der Waals surface area contributed by atoms with E-state index in [0.717, 1.165) is 24.8 Å². The third kappa shape index (κ3) is 9.42. The van der Waals surface area contributed by atoms with E-state index < -0.39 is 0 Å². The maximum absolute atomic E-state index is 10.7. The van der Waals surface area contributed by atoms with Crippen LogP contribution in [-0.2, 0) is 4.79 Å². The summed E-state index contributed by atoms with van der Waals surface area (Å²) in [6, 6.07) is 0. The summed E-state index contributed by atoms with van der Waals surface area (Å²) in [5.41, 5.74) is 2.34. The Morgan fingerprint density at radius 2 is 1.67 bits per heavy atom. The molecule has 0 unspecified atom stereocenters. The first-order valence-corrected chi connectivity index (χ1v) is 5.47. The Labute approximate surface area is 92.7 Å². The number of aliphatic hydroxyl groups is 1. The average Bonchev–Trinajstić information content (AvgIpc) is 2.14. The number of hydrogen-bond donors (Lipinski definition) is 1. The lowest BCUT2D eigenvalue weighted by atomic mass is 10.1. The molecule has 1 N–H and O–H groups in total. The number of allylic oxidation sites excluding steroid dienone is 3. The van der Waals surface area contributed by atoms with Gasteiger partial charge in [0.1, 0.15) is 5.78 Å². The van der Waals surface area contributed by atoms with Crippen LogP contribution in [0, 0.1) is 0 Å². The van der Waals surface area contributed by atoms with Crippen LogP contribution < -0.4 is 0 Å². The highest BCUT2D eigenvalue weighted by Crippen LogP contribution is 2.08. The minimum absolute atomic E-state index is 0.106. The van der Waals surface area contributed by atoms with E-state index in [2.05, 4.69) is 19.9 Å². The van der Waals surface area contributed by atoms with Crippen molar-refractivity contribution < 1.29 is 9.90 Å². The van der Waals surface area contributed by atoms with Gasteiger partial charge in [-0.05, 0) is 45.6 Å². The molecule has 0 aromatic heterocycles. The Bertz CT molecular complexity index is 245. The van der Waals surface area contributed by atoms with Crippen molar-refractivity contribution in [1.82, 2.24) is 0 Å². The summed E-state index contributed by atoms with van der Waals surface area (Å²) in [6.07, 6.45) is 7.33. The molecule has 0 radical (unpaired) electrons. The zero-order valence-electron chi connectivity index (χ0n) is 10.0. The standard InChI is InChI=1S/C13H22O2/c1-11(2)6-4-8-13(10-14)9-5-7-12(3)15/h6,9,14H,4-5,7-8,10H2,1-3H3. The van der Waals surface area contributed by atoms with Gasteiger partial charge in [0.05, 0.1) is 6.61 Å². The maximum atomic E-state index is 10.7. The monoisotopic (exact) mass is 210 g/mol. The SMILES string of the molecule is CC(=O)CCC=C(CO)CCC=C(C)C. The van der Waals surface area contributed by atoms with Crippen molar-refractivity contribution in [1.29, 1.82) is 0 Å². The summed E-state index contributed by atoms with van der Waals surface area (Å²) in [4.78, 5) is 10.7. The number of aliphatic hydroxyl groups excluding tert-OH is 1. The van der Waals surface area contributed by atoms with Crippen molar-refractivity contribution in [2.24, 2.45) is 0 Å². The van der Waals surface area contributed by atoms with Crippen LogP contribution in [0.25, 0.3) is 0 Å². The van der Waals surface area contributed by atoms with Crippen LogP contribution in [0.3, 0.4) is 0 Å². The van der Waals surface area contributed by atoms with E-state index in [1.807, 2.05) is 6.08 Å². The van der Waals surface area contributed by atoms with Gasteiger partial charge in [-0.2, -0.15) is 0 Å². The Hall–Kier alpha value is -0.890. The van der Waals surface area contributed by atoms with Gasteiger partial charge in [0, 0.05) is 6.42 Å². The van der Waals surface area contributed by atoms with Gasteiger partial charge in [-0.3, -0.25) is 0 Å². The summed E-state index contributed by atoms with van der Waals surface area (Å²) in [5, 5.41) is 9.08. The number of carbonyl (C=O) groups excluding carboxylic acids is 1. The largest absolute Gasteiger partial charge is 0.392 e. The van der Waals surface area contributed by atoms with Crippen molar-refractivity contribution >= 4 is 5.78 Å². The molecule has 0 aliphatic rings. The van der Waals surface area contributed by atoms with Crippen LogP contribution in [0.4, 0.5) is 0 Å². The van der Waals surface area contributed by atoms with Crippen LogP contribution in [0.1, 0.15) is 46.5 Å². The Kier molecular flexibility index (Phi) is 7.92. The lowest BCUT2D eigenvalue weighted by Gasteiger charge is -2.02. The molecule has 0 bridgehead atoms. The molecule has 0 saturated carbocycles. The molecule has 15 heavy (non-hydrogen) atoms. The molecule has 0 amide bonds. The molecule has 0 spiro atoms. The Morgan fingerprint density at radius 1 is 1.07 bits per heavy atom. The van der Waals surface area contributed by atoms with Gasteiger partial charge in [0.15, 0.2) is 0 Å². The van der Waals surface area contributed by atoms with E-state index in [1.165, 1.54) is 5.57 Å². The molecule has 86 valence electrons. The van der Waals surface area contributed by atoms with Crippen molar-refractivity contribution in [3.8, 4) is 0 Å². The topological polar surface area (TPSA) is 37.3 Å². The fourth-order valence-corrected chi connectivity index (χ4v) is 1.27. The summed E-state index contributed by atoms with van der Waals surface area (Å²) < 4.78 is 0. The second-order valence-electron chi connectivity index (χ2n) is 4.08. The van der Waals surface area contributed by atoms with Crippen molar-refractivity contribution in [2.45, 2.75) is 46.5 Å². The molecule has 2 nitrogen and oxygen atoms in total. The number of Topliss-reactive ketones (excluding diaryl/α,β-unsaturated/α-hetero) is 1. The lowest BCUT2D eigenvalue weighted by Crippen LogP contribution is -1.93. The normalized spacial score (nSPS) is 11.3. The van der Waals surface area contributed by atoms with Gasteiger partial charge in [-0.25, -0.2) is 0 Å². The van der Waals surface area contributed by atoms with Crippen LogP contribution in [0.5, 0.6) is 0 Å². The molecule has 0 fully saturated rings. The number of rotatable bonds is 7. The van der Waals surface area contributed by atoms with Crippen LogP contribution in [0.15, 0.2) is 23.3 Å². The second kappa shape index (κ2) is 8.42. The predicted octanol–water partition coefficient (Wildman–Crippen LogP) is 3.02. The van der Waals surface area contributed by atoms with Crippen molar-refractivity contribution in [3.63, 3.8) is 0 Å². The van der Waals surface area contributed by atoms with Gasteiger partial charge < -0.3 is 9.90 Å². The molecule has 0 rings (SSSR count). The third-order valence-electron chi connectivity index (χ3n) is 2.15. The molecule has 0 atom stereocenters. The highest BCUT2D eigenvalue weighted by Gasteiger charge is 1.96. The zero-order valence-corrected chi connectivity index (χ0v) is 10.0. The van der Waals surface area contributed by atoms with Crippen LogP contribution in [0.2, 0.25) is 0 Å². The van der Waals surface area contributed by atoms with E-state index in [9.17, 15) is 4.79 Å². The minimum Gasteiger partial charge on any atom is -0.392 e. The van der Waals surface area contributed by atoms with E-state index in [4.69, 9.17) is 5.11 Å². The van der Waals surface area contributed by atoms with Crippen molar-refractivity contribution in [2.75, 3.05) is 6.61 Å². The molecular formula is C13H22O2. The second-order valence-corrected chi connectivity index (χ2v) is 4.08. The first-order chi connectivity index (χ1) is 7.06. The van der Waals surface area contributed by atoms with Gasteiger partial charge in [-0.15, -0.1) is 0 Å². The summed E-state index contributed by atoms with van der Waals surface area (Å²) >= 11 is 0. The molecule has 0 aliphatic carbocycles. The average molecular weight is 210 g/mol. The highest BCUT2D eigenvalue weighted by atomic mass is 16.3. The van der Waals surface area contributed by atoms with Gasteiger partial charge in [0.25, 0.3) is 0 Å². The smallest absolute Gasteiger partial charge is 0.130 e. The molecule has 0 heterocycles. The predicted molar refractivity (Wildman–Crippen MR) is 63.7 cm³/mol. The van der Waals surface area contributed by atoms with Gasteiger partial charge in [0.2, 0.25) is 0 Å².